The van der Waals surface area contributed by atoms with Crippen LogP contribution in [0.25, 0.3) is 6.08 Å². The first-order valence-electron chi connectivity index (χ1n) is 8.46. The van der Waals surface area contributed by atoms with Gasteiger partial charge >= 0.3 is 6.03 Å². The van der Waals surface area contributed by atoms with Crippen LogP contribution in [-0.4, -0.2) is 48.6 Å². The third-order valence-corrected chi connectivity index (χ3v) is 4.70. The lowest BCUT2D eigenvalue weighted by Crippen LogP contribution is -2.49. The first-order valence-corrected chi connectivity index (χ1v) is 9.25. The molecule has 0 aromatic heterocycles. The molecule has 1 aliphatic rings. The monoisotopic (exact) mass is 399 g/mol. The molecule has 25 heavy (non-hydrogen) atoms. The van der Waals surface area contributed by atoms with E-state index in [9.17, 15) is 4.79 Å². The SMILES string of the molecule is O=C(Nc1cccc(Br)c1)N1CCN(C/C=C/c2ccccc2)CC1. The second kappa shape index (κ2) is 8.83. The number of carbonyl (C=O) groups is 1. The van der Waals surface area contributed by atoms with Gasteiger partial charge < -0.3 is 10.2 Å². The summed E-state index contributed by atoms with van der Waals surface area (Å²) in [5.41, 5.74) is 2.03. The molecule has 4 nitrogen and oxygen atoms in total. The number of nitrogens with one attached hydrogen (secondary N) is 1. The lowest BCUT2D eigenvalue weighted by molar-refractivity contribution is 0.156. The molecule has 0 radical (unpaired) electrons. The smallest absolute Gasteiger partial charge is 0.321 e. The van der Waals surface area contributed by atoms with Gasteiger partial charge in [0.25, 0.3) is 0 Å². The van der Waals surface area contributed by atoms with E-state index in [1.165, 1.54) is 5.56 Å². The van der Waals surface area contributed by atoms with Crippen LogP contribution in [0.3, 0.4) is 0 Å². The van der Waals surface area contributed by atoms with Gasteiger partial charge in [0.1, 0.15) is 0 Å². The van der Waals surface area contributed by atoms with Crippen LogP contribution in [0.5, 0.6) is 0 Å². The van der Waals surface area contributed by atoms with Gasteiger partial charge in [-0.1, -0.05) is 64.5 Å². The fourth-order valence-electron chi connectivity index (χ4n) is 2.80. The lowest BCUT2D eigenvalue weighted by atomic mass is 10.2. The number of anilines is 1. The molecule has 130 valence electrons. The molecule has 2 aromatic carbocycles. The van der Waals surface area contributed by atoms with Gasteiger partial charge in [0.05, 0.1) is 0 Å². The Hall–Kier alpha value is -2.11. The van der Waals surface area contributed by atoms with Crippen LogP contribution in [0, 0.1) is 0 Å². The zero-order valence-electron chi connectivity index (χ0n) is 14.1. The van der Waals surface area contributed by atoms with Crippen molar-refractivity contribution in [3.05, 3.63) is 70.7 Å². The van der Waals surface area contributed by atoms with Gasteiger partial charge in [0.2, 0.25) is 0 Å². The highest BCUT2D eigenvalue weighted by molar-refractivity contribution is 9.10. The molecular weight excluding hydrogens is 378 g/mol. The van der Waals surface area contributed by atoms with E-state index in [1.54, 1.807) is 0 Å². The second-order valence-electron chi connectivity index (χ2n) is 6.04. The van der Waals surface area contributed by atoms with Gasteiger partial charge in [-0.2, -0.15) is 0 Å². The molecule has 2 amide bonds. The zero-order chi connectivity index (χ0) is 17.5. The minimum Gasteiger partial charge on any atom is -0.322 e. The first-order chi connectivity index (χ1) is 12.2. The number of nitrogens with zero attached hydrogens (tertiary/aromatic N) is 2. The Morgan fingerprint density at radius 3 is 2.52 bits per heavy atom. The Labute approximate surface area is 157 Å². The molecule has 0 saturated carbocycles. The van der Waals surface area contributed by atoms with Crippen molar-refractivity contribution in [1.29, 1.82) is 0 Å². The van der Waals surface area contributed by atoms with Crippen LogP contribution >= 0.6 is 15.9 Å². The summed E-state index contributed by atoms with van der Waals surface area (Å²) in [5, 5.41) is 2.96. The maximum absolute atomic E-state index is 12.4. The molecule has 1 N–H and O–H groups in total. The highest BCUT2D eigenvalue weighted by Crippen LogP contribution is 2.16. The third kappa shape index (κ3) is 5.44. The summed E-state index contributed by atoms with van der Waals surface area (Å²) >= 11 is 3.42. The summed E-state index contributed by atoms with van der Waals surface area (Å²) in [4.78, 5) is 16.6. The minimum atomic E-state index is -0.0300. The van der Waals surface area contributed by atoms with E-state index in [2.05, 4.69) is 50.4 Å². The molecule has 0 atom stereocenters. The van der Waals surface area contributed by atoms with E-state index >= 15 is 0 Å². The van der Waals surface area contributed by atoms with Crippen molar-refractivity contribution in [2.75, 3.05) is 38.0 Å². The number of benzene rings is 2. The molecule has 1 heterocycles. The van der Waals surface area contributed by atoms with Gasteiger partial charge in [-0.05, 0) is 23.8 Å². The molecule has 0 bridgehead atoms. The Bertz CT molecular complexity index is 725. The summed E-state index contributed by atoms with van der Waals surface area (Å²) in [5.74, 6) is 0. The van der Waals surface area contributed by atoms with Crippen LogP contribution in [0.1, 0.15) is 5.56 Å². The summed E-state index contributed by atoms with van der Waals surface area (Å²) in [7, 11) is 0. The highest BCUT2D eigenvalue weighted by atomic mass is 79.9. The molecule has 5 heteroatoms. The van der Waals surface area contributed by atoms with Gasteiger partial charge in [-0.3, -0.25) is 4.90 Å². The standard InChI is InChI=1S/C20H22BrN3O/c21-18-9-4-10-19(16-18)22-20(25)24-14-12-23(13-15-24)11-5-8-17-6-2-1-3-7-17/h1-10,16H,11-15H2,(H,22,25)/b8-5+. The molecule has 2 aromatic rings. The highest BCUT2D eigenvalue weighted by Gasteiger charge is 2.20. The number of hydrogen-bond donors (Lipinski definition) is 1. The predicted octanol–water partition coefficient (Wildman–Crippen LogP) is 4.31. The van der Waals surface area contributed by atoms with Crippen LogP contribution in [0.2, 0.25) is 0 Å². The van der Waals surface area contributed by atoms with Gasteiger partial charge in [0, 0.05) is 42.9 Å². The zero-order valence-corrected chi connectivity index (χ0v) is 15.7. The van der Waals surface area contributed by atoms with Crippen molar-refractivity contribution in [3.63, 3.8) is 0 Å². The predicted molar refractivity (Wildman–Crippen MR) is 107 cm³/mol. The fourth-order valence-corrected chi connectivity index (χ4v) is 3.20. The number of hydrogen-bond acceptors (Lipinski definition) is 2. The second-order valence-corrected chi connectivity index (χ2v) is 6.96. The van der Waals surface area contributed by atoms with Crippen LogP contribution in [-0.2, 0) is 0 Å². The Kier molecular flexibility index (Phi) is 6.25. The van der Waals surface area contributed by atoms with Gasteiger partial charge in [0.15, 0.2) is 0 Å². The number of urea groups is 1. The summed E-state index contributed by atoms with van der Waals surface area (Å²) in [6.07, 6.45) is 4.33. The Balaban J connectivity index is 1.43. The van der Waals surface area contributed by atoms with Crippen molar-refractivity contribution in [3.8, 4) is 0 Å². The molecule has 3 rings (SSSR count). The Morgan fingerprint density at radius 2 is 1.80 bits per heavy atom. The van der Waals surface area contributed by atoms with Crippen molar-refractivity contribution in [1.82, 2.24) is 9.80 Å². The van der Waals surface area contributed by atoms with E-state index in [-0.39, 0.29) is 6.03 Å². The van der Waals surface area contributed by atoms with E-state index in [0.29, 0.717) is 0 Å². The first kappa shape index (κ1) is 17.7. The van der Waals surface area contributed by atoms with Crippen molar-refractivity contribution >= 4 is 33.7 Å². The van der Waals surface area contributed by atoms with Crippen LogP contribution in [0.4, 0.5) is 10.5 Å². The molecule has 1 aliphatic heterocycles. The van der Waals surface area contributed by atoms with E-state index < -0.39 is 0 Å². The topological polar surface area (TPSA) is 35.6 Å². The lowest BCUT2D eigenvalue weighted by Gasteiger charge is -2.34. The number of amides is 2. The van der Waals surface area contributed by atoms with Crippen molar-refractivity contribution in [2.45, 2.75) is 0 Å². The number of halogens is 1. The van der Waals surface area contributed by atoms with E-state index in [4.69, 9.17) is 0 Å². The summed E-state index contributed by atoms with van der Waals surface area (Å²) in [6, 6.07) is 17.9. The normalized spacial score (nSPS) is 15.5. The quantitative estimate of drug-likeness (QED) is 0.830. The third-order valence-electron chi connectivity index (χ3n) is 4.21. The Morgan fingerprint density at radius 1 is 1.04 bits per heavy atom. The fraction of sp³-hybridized carbons (Fsp3) is 0.250. The van der Waals surface area contributed by atoms with Crippen molar-refractivity contribution < 1.29 is 4.79 Å². The van der Waals surface area contributed by atoms with Crippen LogP contribution < -0.4 is 5.32 Å². The number of carbonyl (C=O) groups excluding carboxylic acids is 1. The van der Waals surface area contributed by atoms with Gasteiger partial charge in [-0.15, -0.1) is 0 Å². The maximum Gasteiger partial charge on any atom is 0.321 e. The maximum atomic E-state index is 12.4. The summed E-state index contributed by atoms with van der Waals surface area (Å²) in [6.45, 7) is 4.20. The van der Waals surface area contributed by atoms with E-state index in [1.807, 2.05) is 47.4 Å². The molecule has 0 unspecified atom stereocenters. The molecule has 0 aliphatic carbocycles. The summed E-state index contributed by atoms with van der Waals surface area (Å²) < 4.78 is 0.959. The largest absolute Gasteiger partial charge is 0.322 e. The molecule has 0 spiro atoms. The molecule has 1 fully saturated rings. The number of piperazine rings is 1. The van der Waals surface area contributed by atoms with Crippen molar-refractivity contribution in [2.24, 2.45) is 0 Å². The number of rotatable bonds is 4. The molecule has 1 saturated heterocycles. The average molecular weight is 400 g/mol. The van der Waals surface area contributed by atoms with Gasteiger partial charge in [-0.25, -0.2) is 4.79 Å². The minimum absolute atomic E-state index is 0.0300. The van der Waals surface area contributed by atoms with Crippen LogP contribution in [0.15, 0.2) is 65.1 Å². The average Bonchev–Trinajstić information content (AvgIpc) is 2.63. The molecular formula is C20H22BrN3O. The van der Waals surface area contributed by atoms with E-state index in [0.717, 1.165) is 42.9 Å².